The number of ether oxygens (including phenoxy) is 1. The van der Waals surface area contributed by atoms with Crippen molar-refractivity contribution in [2.75, 3.05) is 0 Å². The maximum atomic E-state index is 6.23. The molecule has 1 heteroatoms. The van der Waals surface area contributed by atoms with Gasteiger partial charge in [-0.25, -0.2) is 0 Å². The van der Waals surface area contributed by atoms with E-state index in [9.17, 15) is 0 Å². The molecule has 1 nitrogen and oxygen atoms in total. The van der Waals surface area contributed by atoms with E-state index in [0.29, 0.717) is 17.8 Å². The lowest BCUT2D eigenvalue weighted by atomic mass is 9.70. The first-order valence-electron chi connectivity index (χ1n) is 6.05. The van der Waals surface area contributed by atoms with Crippen LogP contribution in [0.4, 0.5) is 0 Å². The van der Waals surface area contributed by atoms with Crippen molar-refractivity contribution in [3.8, 4) is 0 Å². The van der Waals surface area contributed by atoms with Crippen LogP contribution in [-0.4, -0.2) is 11.2 Å². The standard InChI is InChI=1S/C13H26O/c1-8-12(9(2)3)13(14-12,10(4)5)11(6)7/h9-11H,8H2,1-7H3. The molecule has 1 atom stereocenters. The molecule has 1 aliphatic rings. The summed E-state index contributed by atoms with van der Waals surface area (Å²) in [6.07, 6.45) is 1.14. The van der Waals surface area contributed by atoms with Crippen LogP contribution in [0.5, 0.6) is 0 Å². The topological polar surface area (TPSA) is 12.5 Å². The molecule has 1 unspecified atom stereocenters. The summed E-state index contributed by atoms with van der Waals surface area (Å²) in [6, 6.07) is 0. The van der Waals surface area contributed by atoms with Gasteiger partial charge in [-0.2, -0.15) is 0 Å². The van der Waals surface area contributed by atoms with E-state index in [1.54, 1.807) is 0 Å². The van der Waals surface area contributed by atoms with Crippen LogP contribution in [-0.2, 0) is 4.74 Å². The molecule has 14 heavy (non-hydrogen) atoms. The zero-order valence-corrected chi connectivity index (χ0v) is 10.8. The highest BCUT2D eigenvalue weighted by Crippen LogP contribution is 2.62. The molecular weight excluding hydrogens is 172 g/mol. The smallest absolute Gasteiger partial charge is 0.103 e. The lowest BCUT2D eigenvalue weighted by Gasteiger charge is -2.28. The molecule has 0 aromatic carbocycles. The van der Waals surface area contributed by atoms with Crippen molar-refractivity contribution in [1.29, 1.82) is 0 Å². The van der Waals surface area contributed by atoms with E-state index in [4.69, 9.17) is 4.74 Å². The SMILES string of the molecule is CCC1(C(C)C)OC1(C(C)C)C(C)C. The maximum absolute atomic E-state index is 6.23. The van der Waals surface area contributed by atoms with Gasteiger partial charge in [0.15, 0.2) is 0 Å². The van der Waals surface area contributed by atoms with Gasteiger partial charge in [0.05, 0.1) is 0 Å². The van der Waals surface area contributed by atoms with Crippen LogP contribution in [0.1, 0.15) is 54.9 Å². The molecule has 0 aromatic heterocycles. The van der Waals surface area contributed by atoms with E-state index < -0.39 is 0 Å². The molecule has 84 valence electrons. The molecule has 1 fully saturated rings. The summed E-state index contributed by atoms with van der Waals surface area (Å²) in [5.41, 5.74) is 0.283. The fraction of sp³-hybridized carbons (Fsp3) is 1.00. The number of rotatable bonds is 4. The highest BCUT2D eigenvalue weighted by atomic mass is 16.6. The van der Waals surface area contributed by atoms with Crippen LogP contribution >= 0.6 is 0 Å². The van der Waals surface area contributed by atoms with Crippen LogP contribution in [0.2, 0.25) is 0 Å². The van der Waals surface area contributed by atoms with Crippen molar-refractivity contribution in [2.45, 2.75) is 66.1 Å². The fourth-order valence-corrected chi connectivity index (χ4v) is 3.48. The van der Waals surface area contributed by atoms with Crippen molar-refractivity contribution in [1.82, 2.24) is 0 Å². The first-order chi connectivity index (χ1) is 6.35. The van der Waals surface area contributed by atoms with E-state index in [0.717, 1.165) is 6.42 Å². The van der Waals surface area contributed by atoms with Crippen LogP contribution in [0.3, 0.4) is 0 Å². The minimum Gasteiger partial charge on any atom is -0.362 e. The summed E-state index contributed by atoms with van der Waals surface area (Å²) in [4.78, 5) is 0. The first-order valence-corrected chi connectivity index (χ1v) is 6.05. The Kier molecular flexibility index (Phi) is 3.02. The zero-order valence-electron chi connectivity index (χ0n) is 10.8. The van der Waals surface area contributed by atoms with Gasteiger partial charge in [-0.15, -0.1) is 0 Å². The second-order valence-electron chi connectivity index (χ2n) is 5.60. The molecule has 0 aliphatic carbocycles. The minimum atomic E-state index is 0.135. The van der Waals surface area contributed by atoms with Crippen molar-refractivity contribution < 1.29 is 4.74 Å². The van der Waals surface area contributed by atoms with E-state index >= 15 is 0 Å². The largest absolute Gasteiger partial charge is 0.362 e. The Balaban J connectivity index is 2.97. The second kappa shape index (κ2) is 3.52. The second-order valence-corrected chi connectivity index (χ2v) is 5.60. The van der Waals surface area contributed by atoms with Gasteiger partial charge >= 0.3 is 0 Å². The predicted octanol–water partition coefficient (Wildman–Crippen LogP) is 3.87. The predicted molar refractivity (Wildman–Crippen MR) is 61.4 cm³/mol. The van der Waals surface area contributed by atoms with Gasteiger partial charge in [-0.1, -0.05) is 48.5 Å². The fourth-order valence-electron chi connectivity index (χ4n) is 3.48. The highest BCUT2D eigenvalue weighted by Gasteiger charge is 2.72. The van der Waals surface area contributed by atoms with Crippen LogP contribution in [0, 0.1) is 17.8 Å². The minimum absolute atomic E-state index is 0.135. The number of epoxide rings is 1. The van der Waals surface area contributed by atoms with Gasteiger partial charge in [0.2, 0.25) is 0 Å². The van der Waals surface area contributed by atoms with Crippen LogP contribution in [0.15, 0.2) is 0 Å². The van der Waals surface area contributed by atoms with Crippen LogP contribution < -0.4 is 0 Å². The van der Waals surface area contributed by atoms with Crippen molar-refractivity contribution >= 4 is 0 Å². The van der Waals surface area contributed by atoms with Gasteiger partial charge in [0, 0.05) is 0 Å². The summed E-state index contributed by atoms with van der Waals surface area (Å²) < 4.78 is 6.23. The number of hydrogen-bond donors (Lipinski definition) is 0. The molecule has 0 N–H and O–H groups in total. The van der Waals surface area contributed by atoms with Crippen molar-refractivity contribution in [3.63, 3.8) is 0 Å². The van der Waals surface area contributed by atoms with E-state index in [-0.39, 0.29) is 11.2 Å². The molecule has 0 radical (unpaired) electrons. The molecule has 1 rings (SSSR count). The van der Waals surface area contributed by atoms with Crippen molar-refractivity contribution in [2.24, 2.45) is 17.8 Å². The summed E-state index contributed by atoms with van der Waals surface area (Å²) in [7, 11) is 0. The van der Waals surface area contributed by atoms with Gasteiger partial charge in [-0.05, 0) is 24.2 Å². The Morgan fingerprint density at radius 1 is 0.857 bits per heavy atom. The van der Waals surface area contributed by atoms with Gasteiger partial charge in [-0.3, -0.25) is 0 Å². The van der Waals surface area contributed by atoms with Crippen LogP contribution in [0.25, 0.3) is 0 Å². The Labute approximate surface area is 89.2 Å². The summed E-state index contributed by atoms with van der Waals surface area (Å²) in [5, 5.41) is 0. The zero-order chi connectivity index (χ0) is 11.1. The summed E-state index contributed by atoms with van der Waals surface area (Å²) in [6.45, 7) is 16.0. The molecule has 1 heterocycles. The van der Waals surface area contributed by atoms with E-state index in [2.05, 4.69) is 48.5 Å². The Bertz CT molecular complexity index is 197. The summed E-state index contributed by atoms with van der Waals surface area (Å²) >= 11 is 0. The van der Waals surface area contributed by atoms with Crippen molar-refractivity contribution in [3.05, 3.63) is 0 Å². The Hall–Kier alpha value is -0.0400. The quantitative estimate of drug-likeness (QED) is 0.625. The normalized spacial score (nSPS) is 30.4. The molecule has 1 saturated heterocycles. The van der Waals surface area contributed by atoms with Gasteiger partial charge in [0.25, 0.3) is 0 Å². The maximum Gasteiger partial charge on any atom is 0.103 e. The summed E-state index contributed by atoms with van der Waals surface area (Å²) in [5.74, 6) is 1.85. The average Bonchev–Trinajstić information content (AvgIpc) is 2.75. The lowest BCUT2D eigenvalue weighted by molar-refractivity contribution is 0.172. The third kappa shape index (κ3) is 1.25. The van der Waals surface area contributed by atoms with E-state index in [1.165, 1.54) is 0 Å². The molecule has 0 aromatic rings. The first kappa shape index (κ1) is 12.0. The molecule has 0 saturated carbocycles. The Morgan fingerprint density at radius 3 is 1.36 bits per heavy atom. The molecule has 0 spiro atoms. The highest BCUT2D eigenvalue weighted by molar-refractivity contribution is 5.19. The third-order valence-corrected chi connectivity index (χ3v) is 4.14. The molecule has 0 amide bonds. The molecule has 1 aliphatic heterocycles. The third-order valence-electron chi connectivity index (χ3n) is 4.14. The Morgan fingerprint density at radius 2 is 1.29 bits per heavy atom. The van der Waals surface area contributed by atoms with Gasteiger partial charge in [0.1, 0.15) is 11.2 Å². The lowest BCUT2D eigenvalue weighted by Crippen LogP contribution is -2.38. The molecular formula is C13H26O. The van der Waals surface area contributed by atoms with E-state index in [1.807, 2.05) is 0 Å². The average molecular weight is 198 g/mol. The monoisotopic (exact) mass is 198 g/mol. The number of hydrogen-bond acceptors (Lipinski definition) is 1. The molecule has 0 bridgehead atoms. The van der Waals surface area contributed by atoms with Gasteiger partial charge < -0.3 is 4.74 Å².